The number of nitrogens with zero attached hydrogens (tertiary/aromatic N) is 3. The molecule has 17 heavy (non-hydrogen) atoms. The van der Waals surface area contributed by atoms with Crippen LogP contribution in [-0.4, -0.2) is 40.4 Å². The van der Waals surface area contributed by atoms with Gasteiger partial charge < -0.3 is 16.0 Å². The van der Waals surface area contributed by atoms with E-state index in [-0.39, 0.29) is 12.5 Å². The Kier molecular flexibility index (Phi) is 3.74. The number of carbonyl (C=O) groups excluding carboxylic acids is 1. The molecular formula is C11H17N5O. The molecule has 1 aliphatic heterocycles. The van der Waals surface area contributed by atoms with E-state index < -0.39 is 0 Å². The predicted molar refractivity (Wildman–Crippen MR) is 65.4 cm³/mol. The van der Waals surface area contributed by atoms with Gasteiger partial charge in [-0.15, -0.1) is 0 Å². The summed E-state index contributed by atoms with van der Waals surface area (Å²) >= 11 is 0. The lowest BCUT2D eigenvalue weighted by Gasteiger charge is -2.26. The minimum absolute atomic E-state index is 0.0997. The lowest BCUT2D eigenvalue weighted by molar-refractivity contribution is -0.130. The number of nitrogen functional groups attached to an aromatic ring is 1. The summed E-state index contributed by atoms with van der Waals surface area (Å²) in [6, 6.07) is 0. The molecule has 1 aliphatic rings. The zero-order valence-corrected chi connectivity index (χ0v) is 9.72. The van der Waals surface area contributed by atoms with Crippen LogP contribution in [0.2, 0.25) is 0 Å². The number of hydrogen-bond donors (Lipinski definition) is 2. The predicted octanol–water partition coefficient (Wildman–Crippen LogP) is 0.483. The van der Waals surface area contributed by atoms with Crippen molar-refractivity contribution in [2.75, 3.05) is 30.7 Å². The maximum Gasteiger partial charge on any atom is 0.241 e. The van der Waals surface area contributed by atoms with Crippen LogP contribution in [0.4, 0.5) is 11.5 Å². The first-order valence-electron chi connectivity index (χ1n) is 5.84. The Bertz CT molecular complexity index is 389. The Hall–Kier alpha value is -1.85. The standard InChI is InChI=1S/C11H17N5O/c12-9-6-13-8-15-11(9)14-7-10(17)16-4-2-1-3-5-16/h6,8H,1-5,7,12H2,(H,13,14,15). The van der Waals surface area contributed by atoms with Crippen molar-refractivity contribution in [3.63, 3.8) is 0 Å². The van der Waals surface area contributed by atoms with Crippen LogP contribution in [0.5, 0.6) is 0 Å². The molecule has 0 aromatic carbocycles. The smallest absolute Gasteiger partial charge is 0.241 e. The molecule has 1 fully saturated rings. The summed E-state index contributed by atoms with van der Waals surface area (Å²) in [5.74, 6) is 0.619. The van der Waals surface area contributed by atoms with Gasteiger partial charge in [0.25, 0.3) is 0 Å². The Morgan fingerprint density at radius 3 is 2.88 bits per heavy atom. The Labute approximate surface area is 100 Å². The van der Waals surface area contributed by atoms with Gasteiger partial charge in [0.1, 0.15) is 6.33 Å². The molecule has 1 aromatic heterocycles. The molecule has 1 aromatic rings. The van der Waals surface area contributed by atoms with Crippen molar-refractivity contribution in [2.45, 2.75) is 19.3 Å². The molecule has 0 unspecified atom stereocenters. The zero-order chi connectivity index (χ0) is 12.1. The van der Waals surface area contributed by atoms with E-state index in [9.17, 15) is 4.79 Å². The number of nitrogens with one attached hydrogen (secondary N) is 1. The van der Waals surface area contributed by atoms with Crippen molar-refractivity contribution >= 4 is 17.4 Å². The van der Waals surface area contributed by atoms with E-state index in [1.54, 1.807) is 0 Å². The van der Waals surface area contributed by atoms with Gasteiger partial charge in [-0.3, -0.25) is 4.79 Å². The van der Waals surface area contributed by atoms with Crippen molar-refractivity contribution in [3.05, 3.63) is 12.5 Å². The molecule has 6 heteroatoms. The summed E-state index contributed by atoms with van der Waals surface area (Å²) in [4.78, 5) is 21.5. The number of likely N-dealkylation sites (tertiary alicyclic amines) is 1. The van der Waals surface area contributed by atoms with E-state index in [1.807, 2.05) is 4.90 Å². The number of rotatable bonds is 3. The maximum atomic E-state index is 11.9. The Morgan fingerprint density at radius 2 is 2.18 bits per heavy atom. The minimum Gasteiger partial charge on any atom is -0.394 e. The summed E-state index contributed by atoms with van der Waals surface area (Å²) in [7, 11) is 0. The van der Waals surface area contributed by atoms with Crippen LogP contribution in [-0.2, 0) is 4.79 Å². The third-order valence-electron chi connectivity index (χ3n) is 2.86. The number of hydrogen-bond acceptors (Lipinski definition) is 5. The van der Waals surface area contributed by atoms with E-state index in [1.165, 1.54) is 18.9 Å². The lowest BCUT2D eigenvalue weighted by atomic mass is 10.1. The summed E-state index contributed by atoms with van der Waals surface area (Å²) in [5.41, 5.74) is 6.13. The topological polar surface area (TPSA) is 84.1 Å². The minimum atomic E-state index is 0.0997. The van der Waals surface area contributed by atoms with Gasteiger partial charge in [0.15, 0.2) is 5.82 Å². The van der Waals surface area contributed by atoms with Gasteiger partial charge in [0, 0.05) is 13.1 Å². The highest BCUT2D eigenvalue weighted by Gasteiger charge is 2.16. The average molecular weight is 235 g/mol. The van der Waals surface area contributed by atoms with Crippen LogP contribution in [0, 0.1) is 0 Å². The highest BCUT2D eigenvalue weighted by Crippen LogP contribution is 2.12. The average Bonchev–Trinajstić information content (AvgIpc) is 2.38. The van der Waals surface area contributed by atoms with Crippen molar-refractivity contribution in [1.29, 1.82) is 0 Å². The number of carbonyl (C=O) groups is 1. The molecule has 0 spiro atoms. The second-order valence-corrected chi connectivity index (χ2v) is 4.12. The van der Waals surface area contributed by atoms with Crippen LogP contribution in [0.25, 0.3) is 0 Å². The third-order valence-corrected chi connectivity index (χ3v) is 2.86. The fraction of sp³-hybridized carbons (Fsp3) is 0.545. The molecule has 0 radical (unpaired) electrons. The van der Waals surface area contributed by atoms with E-state index in [4.69, 9.17) is 5.73 Å². The van der Waals surface area contributed by atoms with Crippen molar-refractivity contribution < 1.29 is 4.79 Å². The van der Waals surface area contributed by atoms with Crippen LogP contribution < -0.4 is 11.1 Å². The monoisotopic (exact) mass is 235 g/mol. The first-order valence-corrected chi connectivity index (χ1v) is 5.84. The van der Waals surface area contributed by atoms with E-state index in [0.717, 1.165) is 25.9 Å². The Morgan fingerprint density at radius 1 is 1.41 bits per heavy atom. The molecule has 0 bridgehead atoms. The van der Waals surface area contributed by atoms with E-state index in [0.29, 0.717) is 11.5 Å². The first-order chi connectivity index (χ1) is 8.27. The molecule has 6 nitrogen and oxygen atoms in total. The normalized spacial score (nSPS) is 15.6. The number of aromatic nitrogens is 2. The largest absolute Gasteiger partial charge is 0.394 e. The molecule has 0 aliphatic carbocycles. The molecule has 1 saturated heterocycles. The van der Waals surface area contributed by atoms with E-state index in [2.05, 4.69) is 15.3 Å². The van der Waals surface area contributed by atoms with Gasteiger partial charge in [-0.25, -0.2) is 9.97 Å². The second kappa shape index (κ2) is 5.47. The first kappa shape index (κ1) is 11.6. The summed E-state index contributed by atoms with van der Waals surface area (Å²) in [6.45, 7) is 1.96. The van der Waals surface area contributed by atoms with Crippen LogP contribution in [0.1, 0.15) is 19.3 Å². The number of piperidine rings is 1. The molecule has 1 amide bonds. The van der Waals surface area contributed by atoms with Crippen LogP contribution in [0.15, 0.2) is 12.5 Å². The van der Waals surface area contributed by atoms with Gasteiger partial charge in [-0.05, 0) is 19.3 Å². The Balaban J connectivity index is 1.85. The zero-order valence-electron chi connectivity index (χ0n) is 9.72. The molecule has 0 saturated carbocycles. The number of nitrogens with two attached hydrogens (primary N) is 1. The lowest BCUT2D eigenvalue weighted by Crippen LogP contribution is -2.39. The maximum absolute atomic E-state index is 11.9. The van der Waals surface area contributed by atoms with Crippen molar-refractivity contribution in [3.8, 4) is 0 Å². The molecule has 2 rings (SSSR count). The third kappa shape index (κ3) is 3.05. The number of anilines is 2. The number of amides is 1. The summed E-state index contributed by atoms with van der Waals surface area (Å²) in [6.07, 6.45) is 6.34. The quantitative estimate of drug-likeness (QED) is 0.796. The molecule has 2 heterocycles. The fourth-order valence-electron chi connectivity index (χ4n) is 1.90. The van der Waals surface area contributed by atoms with Crippen molar-refractivity contribution in [2.24, 2.45) is 0 Å². The van der Waals surface area contributed by atoms with Gasteiger partial charge in [-0.2, -0.15) is 0 Å². The van der Waals surface area contributed by atoms with Gasteiger partial charge >= 0.3 is 0 Å². The van der Waals surface area contributed by atoms with Gasteiger partial charge in [-0.1, -0.05) is 0 Å². The highest BCUT2D eigenvalue weighted by atomic mass is 16.2. The molecule has 0 atom stereocenters. The molecular weight excluding hydrogens is 218 g/mol. The van der Waals surface area contributed by atoms with Gasteiger partial charge in [0.05, 0.1) is 18.4 Å². The van der Waals surface area contributed by atoms with E-state index >= 15 is 0 Å². The second-order valence-electron chi connectivity index (χ2n) is 4.12. The van der Waals surface area contributed by atoms with Gasteiger partial charge in [0.2, 0.25) is 5.91 Å². The van der Waals surface area contributed by atoms with Crippen LogP contribution >= 0.6 is 0 Å². The summed E-state index contributed by atoms with van der Waals surface area (Å²) < 4.78 is 0. The van der Waals surface area contributed by atoms with Crippen molar-refractivity contribution in [1.82, 2.24) is 14.9 Å². The summed E-state index contributed by atoms with van der Waals surface area (Å²) in [5, 5.41) is 2.94. The fourth-order valence-corrected chi connectivity index (χ4v) is 1.90. The van der Waals surface area contributed by atoms with Crippen LogP contribution in [0.3, 0.4) is 0 Å². The molecule has 3 N–H and O–H groups in total. The molecule has 92 valence electrons. The highest BCUT2D eigenvalue weighted by molar-refractivity contribution is 5.81. The SMILES string of the molecule is Nc1cncnc1NCC(=O)N1CCCCC1.